The zero-order valence-corrected chi connectivity index (χ0v) is 16.5. The summed E-state index contributed by atoms with van der Waals surface area (Å²) in [5, 5.41) is 6.67. The summed E-state index contributed by atoms with van der Waals surface area (Å²) in [7, 11) is 4.09. The van der Waals surface area contributed by atoms with E-state index in [1.165, 1.54) is 0 Å². The molecule has 0 radical (unpaired) electrons. The minimum atomic E-state index is 0.616. The van der Waals surface area contributed by atoms with E-state index in [0.717, 1.165) is 40.3 Å². The van der Waals surface area contributed by atoms with Gasteiger partial charge in [0, 0.05) is 34.9 Å². The van der Waals surface area contributed by atoms with E-state index in [4.69, 9.17) is 0 Å². The van der Waals surface area contributed by atoms with Crippen LogP contribution in [0, 0.1) is 0 Å². The van der Waals surface area contributed by atoms with Gasteiger partial charge in [-0.1, -0.05) is 52.3 Å². The molecule has 2 aromatic carbocycles. The summed E-state index contributed by atoms with van der Waals surface area (Å²) < 4.78 is 1.02. The Labute approximate surface area is 162 Å². The van der Waals surface area contributed by atoms with Crippen LogP contribution in [0.5, 0.6) is 0 Å². The normalized spacial score (nSPS) is 10.8. The Balaban J connectivity index is 1.89. The van der Waals surface area contributed by atoms with Crippen molar-refractivity contribution in [2.45, 2.75) is 0 Å². The molecule has 3 aromatic rings. The molecule has 6 heteroatoms. The van der Waals surface area contributed by atoms with Crippen molar-refractivity contribution in [3.63, 3.8) is 0 Å². The smallest absolute Gasteiger partial charge is 0.225 e. The maximum atomic E-state index is 4.67. The van der Waals surface area contributed by atoms with Gasteiger partial charge in [0.2, 0.25) is 5.95 Å². The number of aromatic nitrogens is 2. The molecule has 26 heavy (non-hydrogen) atoms. The third-order valence-electron chi connectivity index (χ3n) is 3.73. The number of hydrogen-bond acceptors (Lipinski definition) is 5. The van der Waals surface area contributed by atoms with Gasteiger partial charge < -0.3 is 15.5 Å². The predicted octanol–water partition coefficient (Wildman–Crippen LogP) is 4.62. The molecule has 0 aliphatic heterocycles. The third kappa shape index (κ3) is 5.28. The Morgan fingerprint density at radius 1 is 0.962 bits per heavy atom. The molecule has 1 heterocycles. The van der Waals surface area contributed by atoms with Crippen LogP contribution in [0.1, 0.15) is 0 Å². The van der Waals surface area contributed by atoms with E-state index < -0.39 is 0 Å². The van der Waals surface area contributed by atoms with Crippen molar-refractivity contribution >= 4 is 33.4 Å². The van der Waals surface area contributed by atoms with Crippen LogP contribution < -0.4 is 10.6 Å². The summed E-state index contributed by atoms with van der Waals surface area (Å²) in [6, 6.07) is 20.1. The van der Waals surface area contributed by atoms with E-state index >= 15 is 0 Å². The van der Waals surface area contributed by atoms with Crippen LogP contribution in [0.3, 0.4) is 0 Å². The molecule has 0 atom stereocenters. The van der Waals surface area contributed by atoms with Crippen LogP contribution in [0.15, 0.2) is 65.1 Å². The number of anilines is 3. The summed E-state index contributed by atoms with van der Waals surface area (Å²) in [5.74, 6) is 1.37. The van der Waals surface area contributed by atoms with Crippen LogP contribution >= 0.6 is 15.9 Å². The first-order valence-electron chi connectivity index (χ1n) is 8.46. The summed E-state index contributed by atoms with van der Waals surface area (Å²) in [5.41, 5.74) is 2.91. The number of rotatable bonds is 7. The molecule has 134 valence electrons. The summed E-state index contributed by atoms with van der Waals surface area (Å²) >= 11 is 3.50. The molecule has 0 saturated carbocycles. The van der Waals surface area contributed by atoms with Gasteiger partial charge in [-0.15, -0.1) is 0 Å². The van der Waals surface area contributed by atoms with Crippen molar-refractivity contribution < 1.29 is 0 Å². The van der Waals surface area contributed by atoms with Gasteiger partial charge in [0.1, 0.15) is 5.82 Å². The van der Waals surface area contributed by atoms with E-state index in [2.05, 4.69) is 53.6 Å². The van der Waals surface area contributed by atoms with Crippen molar-refractivity contribution in [3.8, 4) is 11.3 Å². The molecular formula is C20H22BrN5. The molecule has 0 spiro atoms. The van der Waals surface area contributed by atoms with Crippen LogP contribution in [0.2, 0.25) is 0 Å². The van der Waals surface area contributed by atoms with E-state index in [9.17, 15) is 0 Å². The Morgan fingerprint density at radius 2 is 1.77 bits per heavy atom. The predicted molar refractivity (Wildman–Crippen MR) is 112 cm³/mol. The third-order valence-corrected chi connectivity index (χ3v) is 4.23. The number of likely N-dealkylation sites (N-methyl/N-ethyl adjacent to an activating group) is 1. The van der Waals surface area contributed by atoms with Crippen molar-refractivity contribution in [3.05, 3.63) is 65.1 Å². The Hall–Kier alpha value is -2.44. The molecule has 2 N–H and O–H groups in total. The van der Waals surface area contributed by atoms with Crippen LogP contribution in [-0.2, 0) is 0 Å². The molecule has 0 aliphatic carbocycles. The minimum Gasteiger partial charge on any atom is -0.353 e. The number of benzene rings is 2. The first-order chi connectivity index (χ1) is 12.6. The molecule has 5 nitrogen and oxygen atoms in total. The van der Waals surface area contributed by atoms with Crippen LogP contribution in [0.25, 0.3) is 11.3 Å². The molecular weight excluding hydrogens is 390 g/mol. The lowest BCUT2D eigenvalue weighted by molar-refractivity contribution is 0.425. The average Bonchev–Trinajstić information content (AvgIpc) is 2.62. The Morgan fingerprint density at radius 3 is 2.50 bits per heavy atom. The second kappa shape index (κ2) is 8.78. The lowest BCUT2D eigenvalue weighted by Crippen LogP contribution is -2.21. The zero-order valence-electron chi connectivity index (χ0n) is 14.9. The largest absolute Gasteiger partial charge is 0.353 e. The van der Waals surface area contributed by atoms with Gasteiger partial charge in [-0.25, -0.2) is 4.98 Å². The van der Waals surface area contributed by atoms with E-state index in [1.807, 2.05) is 62.6 Å². The molecule has 1 aromatic heterocycles. The first kappa shape index (κ1) is 18.4. The fourth-order valence-electron chi connectivity index (χ4n) is 2.45. The summed E-state index contributed by atoms with van der Waals surface area (Å²) in [4.78, 5) is 11.4. The van der Waals surface area contributed by atoms with Crippen molar-refractivity contribution in [1.82, 2.24) is 14.9 Å². The highest BCUT2D eigenvalue weighted by atomic mass is 79.9. The molecule has 0 unspecified atom stereocenters. The fraction of sp³-hybridized carbons (Fsp3) is 0.200. The highest BCUT2D eigenvalue weighted by molar-refractivity contribution is 9.10. The number of nitrogens with zero attached hydrogens (tertiary/aromatic N) is 3. The summed E-state index contributed by atoms with van der Waals surface area (Å²) in [6.45, 7) is 1.69. The molecule has 3 rings (SSSR count). The van der Waals surface area contributed by atoms with Gasteiger partial charge in [0.25, 0.3) is 0 Å². The topological polar surface area (TPSA) is 53.1 Å². The number of halogens is 1. The van der Waals surface area contributed by atoms with Gasteiger partial charge in [-0.05, 0) is 32.3 Å². The monoisotopic (exact) mass is 411 g/mol. The second-order valence-corrected chi connectivity index (χ2v) is 7.11. The molecule has 0 bridgehead atoms. The van der Waals surface area contributed by atoms with Gasteiger partial charge in [-0.3, -0.25) is 0 Å². The first-order valence-corrected chi connectivity index (χ1v) is 9.25. The van der Waals surface area contributed by atoms with Gasteiger partial charge in [-0.2, -0.15) is 4.98 Å². The van der Waals surface area contributed by atoms with Crippen molar-refractivity contribution in [2.24, 2.45) is 0 Å². The molecule has 0 fully saturated rings. The van der Waals surface area contributed by atoms with Crippen LogP contribution in [-0.4, -0.2) is 42.1 Å². The Kier molecular flexibility index (Phi) is 6.20. The van der Waals surface area contributed by atoms with Crippen molar-refractivity contribution in [2.75, 3.05) is 37.8 Å². The molecule has 0 amide bonds. The number of nitrogens with one attached hydrogen (secondary N) is 2. The van der Waals surface area contributed by atoms with Gasteiger partial charge in [0.15, 0.2) is 0 Å². The highest BCUT2D eigenvalue weighted by Gasteiger charge is 2.07. The summed E-state index contributed by atoms with van der Waals surface area (Å²) in [6.07, 6.45) is 0. The molecule has 0 saturated heterocycles. The second-order valence-electron chi connectivity index (χ2n) is 6.19. The van der Waals surface area contributed by atoms with E-state index in [-0.39, 0.29) is 0 Å². The SMILES string of the molecule is CN(C)CCNc1nc(Nc2cccc(Br)c2)cc(-c2ccccc2)n1. The maximum absolute atomic E-state index is 4.67. The highest BCUT2D eigenvalue weighted by Crippen LogP contribution is 2.24. The average molecular weight is 412 g/mol. The Bertz CT molecular complexity index is 852. The van der Waals surface area contributed by atoms with Gasteiger partial charge >= 0.3 is 0 Å². The lowest BCUT2D eigenvalue weighted by atomic mass is 10.1. The quantitative estimate of drug-likeness (QED) is 0.593. The molecule has 0 aliphatic rings. The van der Waals surface area contributed by atoms with Gasteiger partial charge in [0.05, 0.1) is 5.69 Å². The number of hydrogen-bond donors (Lipinski definition) is 2. The van der Waals surface area contributed by atoms with Crippen molar-refractivity contribution in [1.29, 1.82) is 0 Å². The fourth-order valence-corrected chi connectivity index (χ4v) is 2.85. The minimum absolute atomic E-state index is 0.616. The lowest BCUT2D eigenvalue weighted by Gasteiger charge is -2.13. The zero-order chi connectivity index (χ0) is 18.4. The van der Waals surface area contributed by atoms with E-state index in [1.54, 1.807) is 0 Å². The maximum Gasteiger partial charge on any atom is 0.225 e. The van der Waals surface area contributed by atoms with E-state index in [0.29, 0.717) is 5.95 Å². The standard InChI is InChI=1S/C20H22BrN5/c1-26(2)12-11-22-20-24-18(15-7-4-3-5-8-15)14-19(25-20)23-17-10-6-9-16(21)13-17/h3-10,13-14H,11-12H2,1-2H3,(H2,22,23,24,25). The van der Waals surface area contributed by atoms with Crippen LogP contribution in [0.4, 0.5) is 17.5 Å².